The van der Waals surface area contributed by atoms with Crippen LogP contribution in [0.25, 0.3) is 0 Å². The van der Waals surface area contributed by atoms with E-state index >= 15 is 0 Å². The molecule has 1 aromatic heterocycles. The van der Waals surface area contributed by atoms with E-state index in [0.717, 1.165) is 21.8 Å². The molecular weight excluding hydrogens is 357 g/mol. The van der Waals surface area contributed by atoms with E-state index in [4.69, 9.17) is 10.5 Å². The number of thiophene rings is 1. The van der Waals surface area contributed by atoms with Gasteiger partial charge in [0.05, 0.1) is 13.7 Å². The van der Waals surface area contributed by atoms with Gasteiger partial charge in [-0.3, -0.25) is 4.79 Å². The monoisotopic (exact) mass is 380 g/mol. The molecule has 1 amide bonds. The van der Waals surface area contributed by atoms with Crippen molar-refractivity contribution in [3.8, 4) is 0 Å². The number of nitrogen functional groups attached to an aromatic ring is 1. The lowest BCUT2D eigenvalue weighted by Gasteiger charge is -2.15. The summed E-state index contributed by atoms with van der Waals surface area (Å²) in [6.07, 6.45) is 0. The Kier molecular flexibility index (Phi) is 6.70. The summed E-state index contributed by atoms with van der Waals surface area (Å²) in [6.45, 7) is 2.83. The van der Waals surface area contributed by atoms with Crippen molar-refractivity contribution in [2.24, 2.45) is 0 Å². The molecule has 140 valence electrons. The van der Waals surface area contributed by atoms with Gasteiger partial charge in [-0.2, -0.15) is 0 Å². The number of carbonyl (C=O) groups is 2. The maximum atomic E-state index is 13.4. The minimum absolute atomic E-state index is 0.217. The molecule has 1 heterocycles. The third kappa shape index (κ3) is 4.59. The number of quaternary nitrogens is 1. The van der Waals surface area contributed by atoms with Crippen molar-refractivity contribution >= 4 is 28.2 Å². The molecule has 2 aromatic rings. The number of anilines is 1. The molecule has 0 bridgehead atoms. The standard InChI is InChI=1S/C18H22FN3O3S/c1-4-25-18(24)14-13(15(17(23)21-2)26-16(14)20)10-22(3)9-11-6-5-7-12(19)8-11/h5-8H,4,9-10,20H2,1-3H3,(H,21,23)/p+1. The Bertz CT molecular complexity index is 807. The molecule has 26 heavy (non-hydrogen) atoms. The third-order valence-electron chi connectivity index (χ3n) is 3.82. The van der Waals surface area contributed by atoms with Crippen LogP contribution in [0.2, 0.25) is 0 Å². The van der Waals surface area contributed by atoms with E-state index in [1.807, 2.05) is 13.1 Å². The highest BCUT2D eigenvalue weighted by Crippen LogP contribution is 2.31. The van der Waals surface area contributed by atoms with Crippen molar-refractivity contribution < 1.29 is 23.6 Å². The Balaban J connectivity index is 2.32. The van der Waals surface area contributed by atoms with Gasteiger partial charge in [-0.05, 0) is 19.1 Å². The molecule has 0 saturated heterocycles. The zero-order chi connectivity index (χ0) is 19.3. The van der Waals surface area contributed by atoms with E-state index in [2.05, 4.69) is 5.32 Å². The van der Waals surface area contributed by atoms with Gasteiger partial charge in [-0.15, -0.1) is 11.3 Å². The molecule has 2 rings (SSSR count). The van der Waals surface area contributed by atoms with Crippen LogP contribution in [0.15, 0.2) is 24.3 Å². The summed E-state index contributed by atoms with van der Waals surface area (Å²) in [4.78, 5) is 25.9. The van der Waals surface area contributed by atoms with Gasteiger partial charge < -0.3 is 20.7 Å². The molecule has 6 nitrogen and oxygen atoms in total. The van der Waals surface area contributed by atoms with Crippen LogP contribution in [-0.4, -0.2) is 32.6 Å². The van der Waals surface area contributed by atoms with Gasteiger partial charge in [0.2, 0.25) is 0 Å². The molecule has 1 aromatic carbocycles. The summed E-state index contributed by atoms with van der Waals surface area (Å²) < 4.78 is 18.5. The maximum absolute atomic E-state index is 13.4. The molecule has 4 N–H and O–H groups in total. The first-order chi connectivity index (χ1) is 12.4. The summed E-state index contributed by atoms with van der Waals surface area (Å²) in [5.74, 6) is -1.14. The number of amides is 1. The Labute approximate surface area is 155 Å². The lowest BCUT2D eigenvalue weighted by atomic mass is 10.1. The lowest BCUT2D eigenvalue weighted by molar-refractivity contribution is -0.907. The zero-order valence-corrected chi connectivity index (χ0v) is 15.8. The minimum Gasteiger partial charge on any atom is -0.462 e. The molecule has 0 saturated carbocycles. The summed E-state index contributed by atoms with van der Waals surface area (Å²) in [6, 6.07) is 6.35. The highest BCUT2D eigenvalue weighted by atomic mass is 32.1. The van der Waals surface area contributed by atoms with Gasteiger partial charge in [-0.1, -0.05) is 12.1 Å². The number of ether oxygens (including phenoxy) is 1. The van der Waals surface area contributed by atoms with E-state index in [1.54, 1.807) is 13.0 Å². The van der Waals surface area contributed by atoms with E-state index in [0.29, 0.717) is 23.5 Å². The van der Waals surface area contributed by atoms with Crippen molar-refractivity contribution in [3.63, 3.8) is 0 Å². The fourth-order valence-corrected chi connectivity index (χ4v) is 3.76. The first kappa shape index (κ1) is 19.9. The Morgan fingerprint density at radius 3 is 2.69 bits per heavy atom. The number of nitrogens with one attached hydrogen (secondary N) is 2. The number of carbonyl (C=O) groups excluding carboxylic acids is 2. The largest absolute Gasteiger partial charge is 0.462 e. The van der Waals surface area contributed by atoms with Crippen LogP contribution in [0, 0.1) is 5.82 Å². The number of hydrogen-bond acceptors (Lipinski definition) is 5. The molecule has 0 aliphatic carbocycles. The predicted molar refractivity (Wildman–Crippen MR) is 98.8 cm³/mol. The SMILES string of the molecule is CCOC(=O)c1c(N)sc(C(=O)NC)c1C[NH+](C)Cc1cccc(F)c1. The topological polar surface area (TPSA) is 85.9 Å². The highest BCUT2D eigenvalue weighted by Gasteiger charge is 2.28. The van der Waals surface area contributed by atoms with Crippen molar-refractivity contribution in [3.05, 3.63) is 51.7 Å². The molecule has 0 aliphatic heterocycles. The fraction of sp³-hybridized carbons (Fsp3) is 0.333. The number of nitrogens with two attached hydrogens (primary N) is 1. The molecule has 0 radical (unpaired) electrons. The van der Waals surface area contributed by atoms with Crippen molar-refractivity contribution in [1.29, 1.82) is 0 Å². The Morgan fingerprint density at radius 2 is 2.08 bits per heavy atom. The molecule has 1 unspecified atom stereocenters. The van der Waals surface area contributed by atoms with Gasteiger partial charge in [0, 0.05) is 18.2 Å². The third-order valence-corrected chi connectivity index (χ3v) is 4.88. The van der Waals surface area contributed by atoms with Crippen LogP contribution >= 0.6 is 11.3 Å². The lowest BCUT2D eigenvalue weighted by Crippen LogP contribution is -3.06. The van der Waals surface area contributed by atoms with Crippen LogP contribution in [0.5, 0.6) is 0 Å². The Morgan fingerprint density at radius 1 is 1.35 bits per heavy atom. The summed E-state index contributed by atoms with van der Waals surface area (Å²) in [7, 11) is 3.43. The van der Waals surface area contributed by atoms with Gasteiger partial charge in [0.15, 0.2) is 0 Å². The second kappa shape index (κ2) is 8.77. The number of benzene rings is 1. The number of rotatable bonds is 7. The number of esters is 1. The number of halogens is 1. The quantitative estimate of drug-likeness (QED) is 0.631. The molecule has 8 heteroatoms. The second-order valence-electron chi connectivity index (χ2n) is 5.89. The minimum atomic E-state index is -0.537. The van der Waals surface area contributed by atoms with Crippen molar-refractivity contribution in [1.82, 2.24) is 5.32 Å². The summed E-state index contributed by atoms with van der Waals surface area (Å²) in [5.41, 5.74) is 7.62. The molecule has 0 aliphatic rings. The van der Waals surface area contributed by atoms with Crippen LogP contribution in [0.4, 0.5) is 9.39 Å². The first-order valence-corrected chi connectivity index (χ1v) is 9.05. The molecular formula is C18H23FN3O3S+. The van der Waals surface area contributed by atoms with Crippen LogP contribution in [-0.2, 0) is 17.8 Å². The zero-order valence-electron chi connectivity index (χ0n) is 15.0. The van der Waals surface area contributed by atoms with Gasteiger partial charge >= 0.3 is 5.97 Å². The summed E-state index contributed by atoms with van der Waals surface area (Å²) >= 11 is 1.07. The maximum Gasteiger partial charge on any atom is 0.341 e. The van der Waals surface area contributed by atoms with Gasteiger partial charge in [0.25, 0.3) is 5.91 Å². The van der Waals surface area contributed by atoms with E-state index in [1.165, 1.54) is 19.2 Å². The average molecular weight is 380 g/mol. The van der Waals surface area contributed by atoms with Crippen LogP contribution in [0.3, 0.4) is 0 Å². The smallest absolute Gasteiger partial charge is 0.341 e. The summed E-state index contributed by atoms with van der Waals surface area (Å²) in [5, 5.41) is 2.83. The highest BCUT2D eigenvalue weighted by molar-refractivity contribution is 7.18. The Hall–Kier alpha value is -2.45. The van der Waals surface area contributed by atoms with E-state index < -0.39 is 5.97 Å². The van der Waals surface area contributed by atoms with Crippen LogP contribution < -0.4 is 16.0 Å². The first-order valence-electron chi connectivity index (χ1n) is 8.23. The van der Waals surface area contributed by atoms with E-state index in [9.17, 15) is 14.0 Å². The second-order valence-corrected chi connectivity index (χ2v) is 6.94. The normalized spacial score (nSPS) is 11.8. The van der Waals surface area contributed by atoms with E-state index in [-0.39, 0.29) is 28.9 Å². The molecule has 1 atom stereocenters. The molecule has 0 fully saturated rings. The van der Waals surface area contributed by atoms with Gasteiger partial charge in [0.1, 0.15) is 34.3 Å². The number of hydrogen-bond donors (Lipinski definition) is 3. The van der Waals surface area contributed by atoms with Crippen LogP contribution in [0.1, 0.15) is 38.1 Å². The van der Waals surface area contributed by atoms with Crippen molar-refractivity contribution in [2.45, 2.75) is 20.0 Å². The average Bonchev–Trinajstić information content (AvgIpc) is 2.90. The molecule has 0 spiro atoms. The predicted octanol–water partition coefficient (Wildman–Crippen LogP) is 1.22. The fourth-order valence-electron chi connectivity index (χ4n) is 2.74. The van der Waals surface area contributed by atoms with Gasteiger partial charge in [-0.25, -0.2) is 9.18 Å². The van der Waals surface area contributed by atoms with Crippen molar-refractivity contribution in [2.75, 3.05) is 26.4 Å².